The number of ether oxygens (including phenoxy) is 2. The van der Waals surface area contributed by atoms with E-state index < -0.39 is 6.10 Å². The topological polar surface area (TPSA) is 52.6 Å². The van der Waals surface area contributed by atoms with Crippen molar-refractivity contribution in [1.29, 1.82) is 0 Å². The third-order valence-electron chi connectivity index (χ3n) is 1.86. The van der Waals surface area contributed by atoms with Crippen LogP contribution in [0.5, 0.6) is 0 Å². The summed E-state index contributed by atoms with van der Waals surface area (Å²) in [4.78, 5) is 21.8. The highest BCUT2D eigenvalue weighted by atomic mass is 16.5. The van der Waals surface area contributed by atoms with Gasteiger partial charge in [0.1, 0.15) is 18.5 Å². The number of ketones is 1. The Morgan fingerprint density at radius 3 is 2.69 bits per heavy atom. The van der Waals surface area contributed by atoms with E-state index in [-0.39, 0.29) is 24.3 Å². The number of Topliss-reactive ketones (excluding diaryl/α,β-unsaturated/α-hetero) is 1. The summed E-state index contributed by atoms with van der Waals surface area (Å²) in [6.45, 7) is 3.06. The lowest BCUT2D eigenvalue weighted by atomic mass is 9.98. The van der Waals surface area contributed by atoms with Crippen LogP contribution in [0.4, 0.5) is 0 Å². The van der Waals surface area contributed by atoms with E-state index in [1.54, 1.807) is 6.08 Å². The molecular weight excluding hydrogens is 172 g/mol. The molecule has 4 heteroatoms. The van der Waals surface area contributed by atoms with Crippen LogP contribution in [0, 0.1) is 5.92 Å². The molecule has 1 aliphatic rings. The number of esters is 1. The van der Waals surface area contributed by atoms with E-state index in [2.05, 4.69) is 0 Å². The lowest BCUT2D eigenvalue weighted by molar-refractivity contribution is -0.149. The van der Waals surface area contributed by atoms with Crippen molar-refractivity contribution < 1.29 is 19.1 Å². The number of carbonyl (C=O) groups excluding carboxylic acids is 2. The molecule has 0 amide bonds. The highest BCUT2D eigenvalue weighted by Gasteiger charge is 2.29. The Bertz CT molecular complexity index is 244. The molecule has 0 aliphatic carbocycles. The molecule has 13 heavy (non-hydrogen) atoms. The third-order valence-corrected chi connectivity index (χ3v) is 1.86. The number of hydrogen-bond donors (Lipinski definition) is 0. The number of rotatable bonds is 2. The fourth-order valence-electron chi connectivity index (χ4n) is 1.18. The zero-order valence-corrected chi connectivity index (χ0v) is 7.65. The third kappa shape index (κ3) is 2.57. The Kier molecular flexibility index (Phi) is 3.06. The summed E-state index contributed by atoms with van der Waals surface area (Å²) in [6.07, 6.45) is 2.56. The summed E-state index contributed by atoms with van der Waals surface area (Å²) in [7, 11) is 0. The summed E-state index contributed by atoms with van der Waals surface area (Å²) in [5, 5.41) is 0. The van der Waals surface area contributed by atoms with E-state index in [1.165, 1.54) is 20.1 Å². The van der Waals surface area contributed by atoms with Crippen LogP contribution in [0.15, 0.2) is 12.3 Å². The Morgan fingerprint density at radius 2 is 2.15 bits per heavy atom. The Labute approximate surface area is 76.5 Å². The molecular formula is C9H12O4. The van der Waals surface area contributed by atoms with Gasteiger partial charge < -0.3 is 9.47 Å². The smallest absolute Gasteiger partial charge is 0.303 e. The molecule has 0 aromatic heterocycles. The first-order valence-electron chi connectivity index (χ1n) is 4.07. The molecule has 0 aromatic rings. The first-order valence-corrected chi connectivity index (χ1v) is 4.07. The maximum absolute atomic E-state index is 11.1. The lowest BCUT2D eigenvalue weighted by Crippen LogP contribution is -2.34. The van der Waals surface area contributed by atoms with Gasteiger partial charge in [0.05, 0.1) is 12.2 Å². The largest absolute Gasteiger partial charge is 0.500 e. The van der Waals surface area contributed by atoms with Gasteiger partial charge in [0.15, 0.2) is 0 Å². The molecule has 0 saturated heterocycles. The molecule has 0 bridgehead atoms. The van der Waals surface area contributed by atoms with Crippen molar-refractivity contribution in [3.63, 3.8) is 0 Å². The first kappa shape index (κ1) is 9.77. The molecule has 0 saturated carbocycles. The molecule has 0 spiro atoms. The van der Waals surface area contributed by atoms with Crippen molar-refractivity contribution in [3.05, 3.63) is 12.3 Å². The Morgan fingerprint density at radius 1 is 1.46 bits per heavy atom. The molecule has 0 N–H and O–H groups in total. The van der Waals surface area contributed by atoms with Crippen molar-refractivity contribution in [2.24, 2.45) is 5.92 Å². The van der Waals surface area contributed by atoms with Crippen LogP contribution >= 0.6 is 0 Å². The molecule has 2 atom stereocenters. The molecule has 1 rings (SSSR count). The zero-order valence-electron chi connectivity index (χ0n) is 7.65. The molecule has 4 nitrogen and oxygen atoms in total. The van der Waals surface area contributed by atoms with Crippen molar-refractivity contribution in [1.82, 2.24) is 0 Å². The predicted octanol–water partition coefficient (Wildman–Crippen LogP) is 0.667. The van der Waals surface area contributed by atoms with Gasteiger partial charge in [0, 0.05) is 6.92 Å². The fraction of sp³-hybridized carbons (Fsp3) is 0.556. The molecule has 0 aromatic carbocycles. The van der Waals surface area contributed by atoms with Gasteiger partial charge in [-0.3, -0.25) is 9.59 Å². The van der Waals surface area contributed by atoms with E-state index in [4.69, 9.17) is 9.47 Å². The minimum absolute atomic E-state index is 0.0319. The predicted molar refractivity (Wildman–Crippen MR) is 44.8 cm³/mol. The number of hydrogen-bond acceptors (Lipinski definition) is 4. The van der Waals surface area contributed by atoms with E-state index in [9.17, 15) is 9.59 Å². The van der Waals surface area contributed by atoms with Crippen molar-refractivity contribution in [3.8, 4) is 0 Å². The standard InChI is InChI=1S/C9H12O4/c1-6(10)8-5-12-4-3-9(8)13-7(2)11/h3-4,8-9H,5H2,1-2H3/t8-,9+/m0/s1. The second-order valence-electron chi connectivity index (χ2n) is 2.95. The van der Waals surface area contributed by atoms with Crippen LogP contribution < -0.4 is 0 Å². The molecule has 0 unspecified atom stereocenters. The second kappa shape index (κ2) is 4.07. The highest BCUT2D eigenvalue weighted by molar-refractivity contribution is 5.80. The SMILES string of the molecule is CC(=O)O[C@@H]1C=COC[C@H]1C(C)=O. The van der Waals surface area contributed by atoms with Crippen LogP contribution in [-0.2, 0) is 19.1 Å². The van der Waals surface area contributed by atoms with Gasteiger partial charge >= 0.3 is 5.97 Å². The second-order valence-corrected chi connectivity index (χ2v) is 2.95. The maximum atomic E-state index is 11.1. The van der Waals surface area contributed by atoms with Crippen LogP contribution in [0.1, 0.15) is 13.8 Å². The van der Waals surface area contributed by atoms with E-state index in [1.807, 2.05) is 0 Å². The summed E-state index contributed by atoms with van der Waals surface area (Å²) in [5.41, 5.74) is 0. The van der Waals surface area contributed by atoms with Crippen molar-refractivity contribution in [2.45, 2.75) is 20.0 Å². The molecule has 1 aliphatic heterocycles. The molecule has 0 fully saturated rings. The van der Waals surface area contributed by atoms with Gasteiger partial charge in [-0.05, 0) is 13.0 Å². The zero-order chi connectivity index (χ0) is 9.84. The fourth-order valence-corrected chi connectivity index (χ4v) is 1.18. The van der Waals surface area contributed by atoms with E-state index >= 15 is 0 Å². The van der Waals surface area contributed by atoms with Gasteiger partial charge in [-0.15, -0.1) is 0 Å². The number of carbonyl (C=O) groups is 2. The average molecular weight is 184 g/mol. The van der Waals surface area contributed by atoms with Gasteiger partial charge in [-0.2, -0.15) is 0 Å². The van der Waals surface area contributed by atoms with E-state index in [0.29, 0.717) is 0 Å². The summed E-state index contributed by atoms with van der Waals surface area (Å²) in [6, 6.07) is 0. The minimum Gasteiger partial charge on any atom is -0.500 e. The first-order chi connectivity index (χ1) is 6.11. The van der Waals surface area contributed by atoms with Crippen molar-refractivity contribution in [2.75, 3.05) is 6.61 Å². The Hall–Kier alpha value is -1.32. The van der Waals surface area contributed by atoms with Crippen molar-refractivity contribution >= 4 is 11.8 Å². The summed E-state index contributed by atoms with van der Waals surface area (Å²) in [5.74, 6) is -0.785. The monoisotopic (exact) mass is 184 g/mol. The highest BCUT2D eigenvalue weighted by Crippen LogP contribution is 2.16. The van der Waals surface area contributed by atoms with Crippen LogP contribution in [0.3, 0.4) is 0 Å². The average Bonchev–Trinajstić information content (AvgIpc) is 2.03. The normalized spacial score (nSPS) is 26.3. The molecule has 72 valence electrons. The minimum atomic E-state index is -0.469. The van der Waals surface area contributed by atoms with Crippen LogP contribution in [-0.4, -0.2) is 24.5 Å². The maximum Gasteiger partial charge on any atom is 0.303 e. The van der Waals surface area contributed by atoms with Gasteiger partial charge in [-0.1, -0.05) is 0 Å². The lowest BCUT2D eigenvalue weighted by Gasteiger charge is -2.24. The van der Waals surface area contributed by atoms with Gasteiger partial charge in [0.25, 0.3) is 0 Å². The van der Waals surface area contributed by atoms with Gasteiger partial charge in [0.2, 0.25) is 0 Å². The molecule has 0 radical (unpaired) electrons. The van der Waals surface area contributed by atoms with E-state index in [0.717, 1.165) is 0 Å². The summed E-state index contributed by atoms with van der Waals surface area (Å²) >= 11 is 0. The summed E-state index contributed by atoms with van der Waals surface area (Å²) < 4.78 is 9.90. The Balaban J connectivity index is 2.66. The van der Waals surface area contributed by atoms with Crippen LogP contribution in [0.25, 0.3) is 0 Å². The molecule has 1 heterocycles. The van der Waals surface area contributed by atoms with Crippen LogP contribution in [0.2, 0.25) is 0 Å². The van der Waals surface area contributed by atoms with Gasteiger partial charge in [-0.25, -0.2) is 0 Å². The quantitative estimate of drug-likeness (QED) is 0.592.